The van der Waals surface area contributed by atoms with E-state index in [1.54, 1.807) is 18.0 Å². The van der Waals surface area contributed by atoms with Gasteiger partial charge < -0.3 is 14.1 Å². The number of aliphatic imine (C=N–C) groups is 1. The van der Waals surface area contributed by atoms with Crippen LogP contribution >= 0.6 is 11.8 Å². The third-order valence-corrected chi connectivity index (χ3v) is 4.80. The topological polar surface area (TPSA) is 55.0 Å². The van der Waals surface area contributed by atoms with Crippen molar-refractivity contribution in [3.8, 4) is 0 Å². The first-order valence-corrected chi connectivity index (χ1v) is 7.42. The van der Waals surface area contributed by atoms with E-state index in [1.807, 2.05) is 37.8 Å². The van der Waals surface area contributed by atoms with Gasteiger partial charge in [0.25, 0.3) is 0 Å². The number of methoxy groups -OCH3 is 1. The van der Waals surface area contributed by atoms with Crippen molar-refractivity contribution in [3.05, 3.63) is 46.0 Å². The molecule has 0 N–H and O–H groups in total. The summed E-state index contributed by atoms with van der Waals surface area (Å²) in [5.74, 6) is 0.329. The Morgan fingerprint density at radius 1 is 1.43 bits per heavy atom. The van der Waals surface area contributed by atoms with Gasteiger partial charge in [0.1, 0.15) is 11.8 Å². The highest BCUT2D eigenvalue weighted by molar-refractivity contribution is 8.17. The first-order chi connectivity index (χ1) is 10.0. The number of carbonyl (C=O) groups is 1. The van der Waals surface area contributed by atoms with Crippen LogP contribution in [-0.4, -0.2) is 23.1 Å². The zero-order valence-corrected chi connectivity index (χ0v) is 13.2. The molecule has 3 rings (SSSR count). The van der Waals surface area contributed by atoms with Crippen molar-refractivity contribution in [1.29, 1.82) is 0 Å². The van der Waals surface area contributed by atoms with Crippen LogP contribution in [0.4, 0.5) is 0 Å². The predicted octanol–water partition coefficient (Wildman–Crippen LogP) is 3.44. The lowest BCUT2D eigenvalue weighted by atomic mass is 9.99. The number of ether oxygens (including phenoxy) is 1. The largest absolute Gasteiger partial charge is 0.467 e. The maximum Gasteiger partial charge on any atom is 0.338 e. The molecule has 3 heterocycles. The fourth-order valence-electron chi connectivity index (χ4n) is 2.57. The van der Waals surface area contributed by atoms with Gasteiger partial charge in [0.15, 0.2) is 5.17 Å². The summed E-state index contributed by atoms with van der Waals surface area (Å²) in [6.07, 6.45) is 1.61. The molecular weight excluding hydrogens is 288 g/mol. The first-order valence-electron chi connectivity index (χ1n) is 6.60. The fraction of sp³-hybridized carbons (Fsp3) is 0.333. The molecule has 0 fully saturated rings. The van der Waals surface area contributed by atoms with Crippen LogP contribution in [0.15, 0.2) is 49.7 Å². The summed E-state index contributed by atoms with van der Waals surface area (Å²) in [6, 6.07) is 3.36. The van der Waals surface area contributed by atoms with Crippen molar-refractivity contribution in [2.45, 2.75) is 26.8 Å². The highest BCUT2D eigenvalue weighted by atomic mass is 32.2. The van der Waals surface area contributed by atoms with E-state index in [4.69, 9.17) is 9.15 Å². The molecule has 2 aliphatic rings. The van der Waals surface area contributed by atoms with Crippen LogP contribution in [0.25, 0.3) is 0 Å². The molecule has 2 aliphatic heterocycles. The Bertz CT molecular complexity index is 686. The van der Waals surface area contributed by atoms with Crippen molar-refractivity contribution < 1.29 is 13.9 Å². The Balaban J connectivity index is 2.18. The summed E-state index contributed by atoms with van der Waals surface area (Å²) in [5.41, 5.74) is 2.27. The molecule has 0 aliphatic carbocycles. The van der Waals surface area contributed by atoms with Gasteiger partial charge in [-0.3, -0.25) is 0 Å². The standard InChI is InChI=1S/C15H16N2O3S/c1-8-12(14(18)19-4)13(11-6-5-7-20-11)17-9(2)10(3)21-15(17)16-8/h5-7,13H,1-4H3. The Morgan fingerprint density at radius 3 is 2.81 bits per heavy atom. The van der Waals surface area contributed by atoms with E-state index in [1.165, 1.54) is 12.0 Å². The molecule has 5 nitrogen and oxygen atoms in total. The molecule has 0 saturated carbocycles. The third kappa shape index (κ3) is 2.10. The van der Waals surface area contributed by atoms with E-state index < -0.39 is 0 Å². The smallest absolute Gasteiger partial charge is 0.338 e. The van der Waals surface area contributed by atoms with Crippen LogP contribution < -0.4 is 0 Å². The minimum absolute atomic E-state index is 0.329. The number of allylic oxidation sites excluding steroid dienone is 3. The van der Waals surface area contributed by atoms with Gasteiger partial charge in [0, 0.05) is 10.6 Å². The molecular formula is C15H16N2O3S. The summed E-state index contributed by atoms with van der Waals surface area (Å²) in [5, 5.41) is 0.872. The molecule has 0 radical (unpaired) electrons. The van der Waals surface area contributed by atoms with Gasteiger partial charge >= 0.3 is 5.97 Å². The van der Waals surface area contributed by atoms with Crippen LogP contribution in [0, 0.1) is 0 Å². The number of carbonyl (C=O) groups excluding carboxylic acids is 1. The lowest BCUT2D eigenvalue weighted by molar-refractivity contribution is -0.136. The highest BCUT2D eigenvalue weighted by Crippen LogP contribution is 2.46. The Morgan fingerprint density at radius 2 is 2.19 bits per heavy atom. The second-order valence-electron chi connectivity index (χ2n) is 4.92. The van der Waals surface area contributed by atoms with Crippen molar-refractivity contribution in [2.75, 3.05) is 7.11 Å². The maximum atomic E-state index is 12.2. The Labute approximate surface area is 127 Å². The van der Waals surface area contributed by atoms with Gasteiger partial charge in [0.2, 0.25) is 0 Å². The quantitative estimate of drug-likeness (QED) is 0.783. The molecule has 1 atom stereocenters. The number of nitrogens with zero attached hydrogens (tertiary/aromatic N) is 2. The number of thioether (sulfide) groups is 1. The lowest BCUT2D eigenvalue weighted by Crippen LogP contribution is -2.35. The monoisotopic (exact) mass is 304 g/mol. The number of amidine groups is 1. The Hall–Kier alpha value is -1.95. The summed E-state index contributed by atoms with van der Waals surface area (Å²) >= 11 is 1.61. The second kappa shape index (κ2) is 5.11. The minimum Gasteiger partial charge on any atom is -0.467 e. The zero-order chi connectivity index (χ0) is 15.1. The minimum atomic E-state index is -0.376. The molecule has 1 aromatic heterocycles. The fourth-order valence-corrected chi connectivity index (χ4v) is 3.61. The van der Waals surface area contributed by atoms with E-state index in [0.717, 1.165) is 10.9 Å². The Kier molecular flexibility index (Phi) is 3.41. The van der Waals surface area contributed by atoms with E-state index in [9.17, 15) is 4.79 Å². The number of hydrogen-bond acceptors (Lipinski definition) is 6. The molecule has 21 heavy (non-hydrogen) atoms. The van der Waals surface area contributed by atoms with Crippen LogP contribution in [-0.2, 0) is 9.53 Å². The second-order valence-corrected chi connectivity index (χ2v) is 6.10. The van der Waals surface area contributed by atoms with E-state index >= 15 is 0 Å². The van der Waals surface area contributed by atoms with Crippen molar-refractivity contribution in [3.63, 3.8) is 0 Å². The molecule has 0 aromatic carbocycles. The third-order valence-electron chi connectivity index (χ3n) is 3.72. The molecule has 0 spiro atoms. The van der Waals surface area contributed by atoms with E-state index in [2.05, 4.69) is 4.99 Å². The highest BCUT2D eigenvalue weighted by Gasteiger charge is 2.42. The molecule has 6 heteroatoms. The SMILES string of the molecule is COC(=O)C1=C(C)N=C2SC(C)=C(C)N2C1c1ccco1. The van der Waals surface area contributed by atoms with Crippen molar-refractivity contribution >= 4 is 22.9 Å². The van der Waals surface area contributed by atoms with Crippen LogP contribution in [0.1, 0.15) is 32.6 Å². The van der Waals surface area contributed by atoms with Gasteiger partial charge in [-0.05, 0) is 32.9 Å². The normalized spacial score (nSPS) is 21.6. The summed E-state index contributed by atoms with van der Waals surface area (Å²) < 4.78 is 10.5. The summed E-state index contributed by atoms with van der Waals surface area (Å²) in [7, 11) is 1.38. The van der Waals surface area contributed by atoms with Gasteiger partial charge in [0.05, 0.1) is 24.6 Å². The van der Waals surface area contributed by atoms with Gasteiger partial charge in [-0.2, -0.15) is 0 Å². The summed E-state index contributed by atoms with van der Waals surface area (Å²) in [6.45, 7) is 5.90. The molecule has 0 bridgehead atoms. The van der Waals surface area contributed by atoms with Crippen molar-refractivity contribution in [2.24, 2.45) is 4.99 Å². The van der Waals surface area contributed by atoms with Gasteiger partial charge in [-0.1, -0.05) is 11.8 Å². The number of hydrogen-bond donors (Lipinski definition) is 0. The summed E-state index contributed by atoms with van der Waals surface area (Å²) in [4.78, 5) is 20.0. The molecule has 110 valence electrons. The van der Waals surface area contributed by atoms with Crippen molar-refractivity contribution in [1.82, 2.24) is 4.90 Å². The number of rotatable bonds is 2. The first kappa shape index (κ1) is 14.0. The molecule has 0 amide bonds. The molecule has 1 aromatic rings. The van der Waals surface area contributed by atoms with E-state index in [0.29, 0.717) is 17.0 Å². The molecule has 0 saturated heterocycles. The van der Waals surface area contributed by atoms with Crippen LogP contribution in [0.2, 0.25) is 0 Å². The predicted molar refractivity (Wildman–Crippen MR) is 81.4 cm³/mol. The number of fused-ring (bicyclic) bond motifs is 1. The van der Waals surface area contributed by atoms with Gasteiger partial charge in [-0.15, -0.1) is 0 Å². The number of esters is 1. The average Bonchev–Trinajstić information content (AvgIpc) is 3.07. The zero-order valence-electron chi connectivity index (χ0n) is 12.3. The van der Waals surface area contributed by atoms with E-state index in [-0.39, 0.29) is 12.0 Å². The lowest BCUT2D eigenvalue weighted by Gasteiger charge is -2.33. The van der Waals surface area contributed by atoms with Crippen LogP contribution in [0.3, 0.4) is 0 Å². The van der Waals surface area contributed by atoms with Crippen LogP contribution in [0.5, 0.6) is 0 Å². The average molecular weight is 304 g/mol. The molecule has 1 unspecified atom stereocenters. The van der Waals surface area contributed by atoms with Gasteiger partial charge in [-0.25, -0.2) is 9.79 Å². The number of furan rings is 1. The maximum absolute atomic E-state index is 12.2.